The topological polar surface area (TPSA) is 107 Å². The van der Waals surface area contributed by atoms with Crippen molar-refractivity contribution in [1.82, 2.24) is 9.88 Å². The lowest BCUT2D eigenvalue weighted by molar-refractivity contribution is -0.384. The first-order chi connectivity index (χ1) is 12.3. The van der Waals surface area contributed by atoms with Gasteiger partial charge in [-0.2, -0.15) is 0 Å². The highest BCUT2D eigenvalue weighted by atomic mass is 19.1. The average molecular weight is 359 g/mol. The normalized spacial score (nSPS) is 10.8. The third-order valence-electron chi connectivity index (χ3n) is 3.89. The molecule has 0 radical (unpaired) electrons. The Balaban J connectivity index is 1.74. The van der Waals surface area contributed by atoms with Gasteiger partial charge in [-0.25, -0.2) is 9.18 Å². The largest absolute Gasteiger partial charge is 0.420 e. The van der Waals surface area contributed by atoms with Crippen molar-refractivity contribution in [2.24, 2.45) is 0 Å². The molecule has 0 unspecified atom stereocenters. The number of hydrogen-bond acceptors (Lipinski definition) is 5. The smallest absolute Gasteiger partial charge is 0.407 e. The number of non-ortho nitro benzene ring substituents is 1. The summed E-state index contributed by atoms with van der Waals surface area (Å²) in [5.74, 6) is -1.64. The van der Waals surface area contributed by atoms with Crippen LogP contribution in [0.15, 0.2) is 45.6 Å². The SMILES string of the molecule is Cc1ccc(CNC(=O)Cn2c(=O)oc3cc([N+](=O)[O-])ccc32)cc1F. The van der Waals surface area contributed by atoms with Gasteiger partial charge in [-0.3, -0.25) is 19.5 Å². The summed E-state index contributed by atoms with van der Waals surface area (Å²) in [6, 6.07) is 8.32. The lowest BCUT2D eigenvalue weighted by Gasteiger charge is -2.07. The summed E-state index contributed by atoms with van der Waals surface area (Å²) in [6.07, 6.45) is 0. The molecule has 2 aromatic carbocycles. The third kappa shape index (κ3) is 3.46. The van der Waals surface area contributed by atoms with Gasteiger partial charge in [0.25, 0.3) is 5.69 Å². The molecule has 0 aliphatic rings. The summed E-state index contributed by atoms with van der Waals surface area (Å²) in [5, 5.41) is 13.4. The Labute approximate surface area is 146 Å². The van der Waals surface area contributed by atoms with Crippen LogP contribution in [0.3, 0.4) is 0 Å². The van der Waals surface area contributed by atoms with E-state index in [1.165, 1.54) is 18.2 Å². The number of nitrogens with one attached hydrogen (secondary N) is 1. The first-order valence-electron chi connectivity index (χ1n) is 7.64. The van der Waals surface area contributed by atoms with Crippen LogP contribution >= 0.6 is 0 Å². The van der Waals surface area contributed by atoms with Gasteiger partial charge in [0.05, 0.1) is 16.5 Å². The van der Waals surface area contributed by atoms with Crippen molar-refractivity contribution in [3.8, 4) is 0 Å². The molecule has 1 aromatic heterocycles. The summed E-state index contributed by atoms with van der Waals surface area (Å²) in [7, 11) is 0. The minimum atomic E-state index is -0.794. The van der Waals surface area contributed by atoms with Crippen molar-refractivity contribution in [1.29, 1.82) is 0 Å². The van der Waals surface area contributed by atoms with Crippen LogP contribution in [0.25, 0.3) is 11.1 Å². The Morgan fingerprint density at radius 3 is 2.77 bits per heavy atom. The number of halogens is 1. The van der Waals surface area contributed by atoms with Gasteiger partial charge in [-0.05, 0) is 30.2 Å². The average Bonchev–Trinajstić information content (AvgIpc) is 2.90. The molecule has 0 atom stereocenters. The molecule has 1 heterocycles. The highest BCUT2D eigenvalue weighted by molar-refractivity contribution is 5.80. The number of nitro groups is 1. The van der Waals surface area contributed by atoms with Crippen LogP contribution in [0, 0.1) is 22.9 Å². The molecule has 3 rings (SSSR count). The monoisotopic (exact) mass is 359 g/mol. The molecule has 8 nitrogen and oxygen atoms in total. The minimum absolute atomic E-state index is 0.0256. The van der Waals surface area contributed by atoms with Crippen molar-refractivity contribution < 1.29 is 18.5 Å². The zero-order valence-corrected chi connectivity index (χ0v) is 13.7. The Hall–Kier alpha value is -3.49. The molecule has 9 heteroatoms. The molecule has 0 spiro atoms. The number of hydrogen-bond donors (Lipinski definition) is 1. The lowest BCUT2D eigenvalue weighted by Crippen LogP contribution is -2.30. The van der Waals surface area contributed by atoms with Crippen molar-refractivity contribution in [3.63, 3.8) is 0 Å². The summed E-state index contributed by atoms with van der Waals surface area (Å²) < 4.78 is 19.5. The molecule has 26 heavy (non-hydrogen) atoms. The zero-order chi connectivity index (χ0) is 18.8. The van der Waals surface area contributed by atoms with Crippen molar-refractivity contribution >= 4 is 22.7 Å². The second kappa shape index (κ2) is 6.79. The number of oxazole rings is 1. The quantitative estimate of drug-likeness (QED) is 0.555. The molecular formula is C17H14FN3O5. The molecular weight excluding hydrogens is 345 g/mol. The zero-order valence-electron chi connectivity index (χ0n) is 13.7. The van der Waals surface area contributed by atoms with Gasteiger partial charge in [0.1, 0.15) is 12.4 Å². The van der Waals surface area contributed by atoms with E-state index in [1.807, 2.05) is 0 Å². The van der Waals surface area contributed by atoms with Gasteiger partial charge >= 0.3 is 5.76 Å². The predicted octanol–water partition coefficient (Wildman–Crippen LogP) is 2.27. The van der Waals surface area contributed by atoms with Gasteiger partial charge in [-0.1, -0.05) is 12.1 Å². The highest BCUT2D eigenvalue weighted by Gasteiger charge is 2.16. The molecule has 3 aromatic rings. The van der Waals surface area contributed by atoms with Crippen LogP contribution in [-0.2, 0) is 17.9 Å². The van der Waals surface area contributed by atoms with Crippen LogP contribution in [0.2, 0.25) is 0 Å². The number of carbonyl (C=O) groups is 1. The van der Waals surface area contributed by atoms with Crippen molar-refractivity contribution in [3.05, 3.63) is 74.0 Å². The molecule has 0 aliphatic carbocycles. The number of carbonyl (C=O) groups excluding carboxylic acids is 1. The Morgan fingerprint density at radius 2 is 2.08 bits per heavy atom. The van der Waals surface area contributed by atoms with E-state index in [2.05, 4.69) is 5.32 Å². The molecule has 134 valence electrons. The third-order valence-corrected chi connectivity index (χ3v) is 3.89. The van der Waals surface area contributed by atoms with Gasteiger partial charge in [-0.15, -0.1) is 0 Å². The number of amides is 1. The molecule has 0 fully saturated rings. The summed E-state index contributed by atoms with van der Waals surface area (Å²) >= 11 is 0. The van der Waals surface area contributed by atoms with Gasteiger partial charge in [0, 0.05) is 12.6 Å². The van der Waals surface area contributed by atoms with Gasteiger partial charge in [0.15, 0.2) is 5.58 Å². The summed E-state index contributed by atoms with van der Waals surface area (Å²) in [6.45, 7) is 1.42. The molecule has 0 aliphatic heterocycles. The van der Waals surface area contributed by atoms with E-state index < -0.39 is 16.6 Å². The van der Waals surface area contributed by atoms with E-state index in [4.69, 9.17) is 4.42 Å². The minimum Gasteiger partial charge on any atom is -0.407 e. The molecule has 0 saturated heterocycles. The lowest BCUT2D eigenvalue weighted by atomic mass is 10.1. The summed E-state index contributed by atoms with van der Waals surface area (Å²) in [5.41, 5.74) is 1.17. The number of fused-ring (bicyclic) bond motifs is 1. The molecule has 0 saturated carbocycles. The Bertz CT molecular complexity index is 1070. The number of aromatic nitrogens is 1. The standard InChI is InChI=1S/C17H14FN3O5/c1-10-2-3-11(6-13(10)18)8-19-16(22)9-20-14-5-4-12(21(24)25)7-15(14)26-17(20)23/h2-7H,8-9H2,1H3,(H,19,22). The van der Waals surface area contributed by atoms with Crippen LogP contribution in [0.4, 0.5) is 10.1 Å². The van der Waals surface area contributed by atoms with E-state index in [0.29, 0.717) is 11.1 Å². The fourth-order valence-corrected chi connectivity index (χ4v) is 2.46. The van der Waals surface area contributed by atoms with E-state index in [9.17, 15) is 24.1 Å². The summed E-state index contributed by atoms with van der Waals surface area (Å²) in [4.78, 5) is 34.2. The van der Waals surface area contributed by atoms with Crippen LogP contribution in [-0.4, -0.2) is 15.4 Å². The molecule has 1 N–H and O–H groups in total. The van der Waals surface area contributed by atoms with Crippen LogP contribution in [0.5, 0.6) is 0 Å². The van der Waals surface area contributed by atoms with E-state index in [1.54, 1.807) is 19.1 Å². The Kier molecular flexibility index (Phi) is 4.53. The number of nitro benzene ring substituents is 1. The number of benzene rings is 2. The van der Waals surface area contributed by atoms with Gasteiger partial charge < -0.3 is 9.73 Å². The maximum Gasteiger partial charge on any atom is 0.420 e. The predicted molar refractivity (Wildman–Crippen MR) is 90.1 cm³/mol. The van der Waals surface area contributed by atoms with Crippen molar-refractivity contribution in [2.75, 3.05) is 0 Å². The number of aryl methyl sites for hydroxylation is 1. The van der Waals surface area contributed by atoms with Crippen molar-refractivity contribution in [2.45, 2.75) is 20.0 Å². The highest BCUT2D eigenvalue weighted by Crippen LogP contribution is 2.20. The fraction of sp³-hybridized carbons (Fsp3) is 0.176. The first kappa shape index (κ1) is 17.3. The van der Waals surface area contributed by atoms with Crippen LogP contribution in [0.1, 0.15) is 11.1 Å². The number of nitrogens with zero attached hydrogens (tertiary/aromatic N) is 2. The van der Waals surface area contributed by atoms with E-state index in [0.717, 1.165) is 10.6 Å². The maximum atomic E-state index is 13.5. The second-order valence-corrected chi connectivity index (χ2v) is 5.72. The number of rotatable bonds is 5. The second-order valence-electron chi connectivity index (χ2n) is 5.72. The van der Waals surface area contributed by atoms with E-state index >= 15 is 0 Å². The maximum absolute atomic E-state index is 13.5. The molecule has 1 amide bonds. The Morgan fingerprint density at radius 1 is 1.31 bits per heavy atom. The fourth-order valence-electron chi connectivity index (χ4n) is 2.46. The van der Waals surface area contributed by atoms with E-state index in [-0.39, 0.29) is 35.7 Å². The molecule has 0 bridgehead atoms. The van der Waals surface area contributed by atoms with Crippen LogP contribution < -0.4 is 11.1 Å². The van der Waals surface area contributed by atoms with Gasteiger partial charge in [0.2, 0.25) is 5.91 Å². The first-order valence-corrected chi connectivity index (χ1v) is 7.64.